The van der Waals surface area contributed by atoms with Gasteiger partial charge < -0.3 is 5.32 Å². The van der Waals surface area contributed by atoms with Crippen LogP contribution in [-0.2, 0) is 0 Å². The minimum atomic E-state index is -4.15. The number of alkyl halides is 3. The SMILES string of the molecule is Cl.FC(F)(F)C[C@H](c1ccc(Br)cc1)N1CCNCC1. The fourth-order valence-corrected chi connectivity index (χ4v) is 2.62. The van der Waals surface area contributed by atoms with Crippen molar-refractivity contribution in [2.45, 2.75) is 18.6 Å². The topological polar surface area (TPSA) is 15.3 Å². The standard InChI is InChI=1S/C13H16BrF3N2.ClH/c14-11-3-1-10(2-4-11)12(9-13(15,16)17)19-7-5-18-6-8-19;/h1-4,12,18H,5-9H2;1H/t12-;/m1./s1. The highest BCUT2D eigenvalue weighted by Crippen LogP contribution is 2.34. The molecule has 1 aliphatic heterocycles. The van der Waals surface area contributed by atoms with Gasteiger partial charge in [-0.15, -0.1) is 12.4 Å². The van der Waals surface area contributed by atoms with E-state index >= 15 is 0 Å². The Labute approximate surface area is 131 Å². The number of nitrogens with one attached hydrogen (secondary N) is 1. The molecular weight excluding hydrogens is 357 g/mol. The molecule has 0 spiro atoms. The number of nitrogens with zero attached hydrogens (tertiary/aromatic N) is 1. The molecule has 1 saturated heterocycles. The highest BCUT2D eigenvalue weighted by atomic mass is 79.9. The first kappa shape index (κ1) is 17.8. The van der Waals surface area contributed by atoms with Crippen LogP contribution in [0.1, 0.15) is 18.0 Å². The van der Waals surface area contributed by atoms with Crippen molar-refractivity contribution < 1.29 is 13.2 Å². The molecule has 1 fully saturated rings. The monoisotopic (exact) mass is 372 g/mol. The van der Waals surface area contributed by atoms with Gasteiger partial charge in [-0.25, -0.2) is 0 Å². The molecule has 0 saturated carbocycles. The first-order valence-electron chi connectivity index (χ1n) is 6.23. The predicted molar refractivity (Wildman–Crippen MR) is 79.2 cm³/mol. The zero-order valence-corrected chi connectivity index (χ0v) is 13.2. The van der Waals surface area contributed by atoms with Crippen LogP contribution in [0.15, 0.2) is 28.7 Å². The molecule has 114 valence electrons. The molecule has 0 amide bonds. The van der Waals surface area contributed by atoms with E-state index in [1.807, 2.05) is 4.90 Å². The number of benzene rings is 1. The lowest BCUT2D eigenvalue weighted by Gasteiger charge is -2.35. The van der Waals surface area contributed by atoms with E-state index in [-0.39, 0.29) is 12.4 Å². The van der Waals surface area contributed by atoms with E-state index in [1.165, 1.54) is 0 Å². The third-order valence-corrected chi connectivity index (χ3v) is 3.80. The molecule has 0 aliphatic carbocycles. The van der Waals surface area contributed by atoms with Crippen molar-refractivity contribution in [1.82, 2.24) is 10.2 Å². The van der Waals surface area contributed by atoms with Gasteiger partial charge in [-0.2, -0.15) is 13.2 Å². The van der Waals surface area contributed by atoms with Gasteiger partial charge in [-0.05, 0) is 17.7 Å². The van der Waals surface area contributed by atoms with Crippen LogP contribution < -0.4 is 5.32 Å². The predicted octanol–water partition coefficient (Wildman–Crippen LogP) is 3.77. The molecule has 1 N–H and O–H groups in total. The Morgan fingerprint density at radius 3 is 2.20 bits per heavy atom. The van der Waals surface area contributed by atoms with Crippen LogP contribution in [0, 0.1) is 0 Å². The number of hydrogen-bond acceptors (Lipinski definition) is 2. The number of halogens is 5. The average molecular weight is 374 g/mol. The molecule has 1 aliphatic rings. The smallest absolute Gasteiger partial charge is 0.314 e. The Bertz CT molecular complexity index is 405. The third kappa shape index (κ3) is 5.24. The summed E-state index contributed by atoms with van der Waals surface area (Å²) in [5.41, 5.74) is 0.724. The van der Waals surface area contributed by atoms with Gasteiger partial charge in [-0.3, -0.25) is 4.90 Å². The van der Waals surface area contributed by atoms with E-state index < -0.39 is 18.6 Å². The van der Waals surface area contributed by atoms with Crippen molar-refractivity contribution in [1.29, 1.82) is 0 Å². The largest absolute Gasteiger partial charge is 0.390 e. The van der Waals surface area contributed by atoms with E-state index in [4.69, 9.17) is 0 Å². The fourth-order valence-electron chi connectivity index (χ4n) is 2.36. The Morgan fingerprint density at radius 1 is 1.15 bits per heavy atom. The van der Waals surface area contributed by atoms with Gasteiger partial charge in [0, 0.05) is 36.7 Å². The molecule has 1 aromatic rings. The Hall–Kier alpha value is -0.300. The summed E-state index contributed by atoms with van der Waals surface area (Å²) < 4.78 is 39.2. The molecule has 0 radical (unpaired) electrons. The second kappa shape index (κ2) is 7.64. The molecule has 20 heavy (non-hydrogen) atoms. The van der Waals surface area contributed by atoms with Crippen molar-refractivity contribution in [3.63, 3.8) is 0 Å². The molecule has 0 aromatic heterocycles. The Kier molecular flexibility index (Phi) is 6.78. The van der Waals surface area contributed by atoms with Crippen molar-refractivity contribution in [3.8, 4) is 0 Å². The number of hydrogen-bond donors (Lipinski definition) is 1. The molecule has 2 rings (SSSR count). The van der Waals surface area contributed by atoms with E-state index in [0.29, 0.717) is 13.1 Å². The molecule has 0 unspecified atom stereocenters. The minimum absolute atomic E-state index is 0. The Morgan fingerprint density at radius 2 is 1.70 bits per heavy atom. The maximum Gasteiger partial charge on any atom is 0.390 e. The molecule has 2 nitrogen and oxygen atoms in total. The maximum atomic E-state index is 12.8. The highest BCUT2D eigenvalue weighted by Gasteiger charge is 2.35. The summed E-state index contributed by atoms with van der Waals surface area (Å²) >= 11 is 3.31. The summed E-state index contributed by atoms with van der Waals surface area (Å²) in [6.07, 6.45) is -4.95. The van der Waals surface area contributed by atoms with E-state index in [1.54, 1.807) is 24.3 Å². The van der Waals surface area contributed by atoms with Crippen LogP contribution in [0.3, 0.4) is 0 Å². The quantitative estimate of drug-likeness (QED) is 0.868. The van der Waals surface area contributed by atoms with Crippen LogP contribution in [0.4, 0.5) is 13.2 Å². The van der Waals surface area contributed by atoms with Crippen molar-refractivity contribution >= 4 is 28.3 Å². The second-order valence-electron chi connectivity index (χ2n) is 4.67. The van der Waals surface area contributed by atoms with Crippen LogP contribution >= 0.6 is 28.3 Å². The molecule has 1 heterocycles. The molecule has 7 heteroatoms. The summed E-state index contributed by atoms with van der Waals surface area (Å²) in [5, 5.41) is 3.16. The van der Waals surface area contributed by atoms with Crippen LogP contribution in [0.2, 0.25) is 0 Å². The Balaban J connectivity index is 0.00000200. The lowest BCUT2D eigenvalue weighted by molar-refractivity contribution is -0.148. The van der Waals surface area contributed by atoms with E-state index in [9.17, 15) is 13.2 Å². The maximum absolute atomic E-state index is 12.8. The van der Waals surface area contributed by atoms with Gasteiger partial charge in [0.1, 0.15) is 0 Å². The summed E-state index contributed by atoms with van der Waals surface area (Å²) in [5.74, 6) is 0. The molecular formula is C13H17BrClF3N2. The summed E-state index contributed by atoms with van der Waals surface area (Å²) in [6, 6.07) is 6.53. The molecule has 1 aromatic carbocycles. The lowest BCUT2D eigenvalue weighted by Crippen LogP contribution is -2.46. The van der Waals surface area contributed by atoms with Gasteiger partial charge in [0.25, 0.3) is 0 Å². The van der Waals surface area contributed by atoms with Crippen molar-refractivity contribution in [3.05, 3.63) is 34.3 Å². The number of rotatable bonds is 3. The second-order valence-corrected chi connectivity index (χ2v) is 5.59. The lowest BCUT2D eigenvalue weighted by atomic mass is 10.0. The fraction of sp³-hybridized carbons (Fsp3) is 0.538. The summed E-state index contributed by atoms with van der Waals surface area (Å²) in [7, 11) is 0. The highest BCUT2D eigenvalue weighted by molar-refractivity contribution is 9.10. The van der Waals surface area contributed by atoms with E-state index in [0.717, 1.165) is 23.1 Å². The van der Waals surface area contributed by atoms with Crippen LogP contribution in [0.5, 0.6) is 0 Å². The zero-order valence-electron chi connectivity index (χ0n) is 10.8. The molecule has 0 bridgehead atoms. The number of piperazine rings is 1. The van der Waals surface area contributed by atoms with Gasteiger partial charge in [0.2, 0.25) is 0 Å². The van der Waals surface area contributed by atoms with Crippen LogP contribution in [-0.4, -0.2) is 37.3 Å². The third-order valence-electron chi connectivity index (χ3n) is 3.27. The molecule has 1 atom stereocenters. The van der Waals surface area contributed by atoms with Crippen molar-refractivity contribution in [2.75, 3.05) is 26.2 Å². The normalized spacial score (nSPS) is 18.4. The zero-order chi connectivity index (χ0) is 13.9. The summed E-state index contributed by atoms with van der Waals surface area (Å²) in [6.45, 7) is 2.78. The summed E-state index contributed by atoms with van der Waals surface area (Å²) in [4.78, 5) is 1.91. The van der Waals surface area contributed by atoms with Crippen molar-refractivity contribution in [2.24, 2.45) is 0 Å². The average Bonchev–Trinajstić information content (AvgIpc) is 2.37. The van der Waals surface area contributed by atoms with Gasteiger partial charge in [-0.1, -0.05) is 28.1 Å². The first-order chi connectivity index (χ1) is 8.96. The van der Waals surface area contributed by atoms with E-state index in [2.05, 4.69) is 21.2 Å². The van der Waals surface area contributed by atoms with Gasteiger partial charge in [0.05, 0.1) is 6.42 Å². The minimum Gasteiger partial charge on any atom is -0.314 e. The first-order valence-corrected chi connectivity index (χ1v) is 7.02. The van der Waals surface area contributed by atoms with Gasteiger partial charge in [0.15, 0.2) is 0 Å². The van der Waals surface area contributed by atoms with Crippen LogP contribution in [0.25, 0.3) is 0 Å². The van der Waals surface area contributed by atoms with Gasteiger partial charge >= 0.3 is 6.18 Å².